The van der Waals surface area contributed by atoms with Crippen molar-refractivity contribution in [2.75, 3.05) is 44.7 Å². The highest BCUT2D eigenvalue weighted by Crippen LogP contribution is 2.12. The highest BCUT2D eigenvalue weighted by Gasteiger charge is 2.20. The van der Waals surface area contributed by atoms with Crippen LogP contribution in [0.25, 0.3) is 0 Å². The molecule has 0 radical (unpaired) electrons. The van der Waals surface area contributed by atoms with E-state index in [2.05, 4.69) is 40.0 Å². The lowest BCUT2D eigenvalue weighted by Gasteiger charge is -2.33. The zero-order valence-corrected chi connectivity index (χ0v) is 16.1. The lowest BCUT2D eigenvalue weighted by atomic mass is 10.2. The molecule has 1 heterocycles. The van der Waals surface area contributed by atoms with Crippen LogP contribution in [0.3, 0.4) is 0 Å². The maximum absolute atomic E-state index is 12.0. The minimum absolute atomic E-state index is 0.181. The second-order valence-electron chi connectivity index (χ2n) is 6.80. The van der Waals surface area contributed by atoms with Crippen LogP contribution in [-0.4, -0.2) is 51.6 Å². The van der Waals surface area contributed by atoms with Gasteiger partial charge in [-0.1, -0.05) is 18.2 Å². The van der Waals surface area contributed by atoms with Gasteiger partial charge in [0, 0.05) is 11.3 Å². The highest BCUT2D eigenvalue weighted by atomic mass is 16.5. The molecule has 1 saturated heterocycles. The van der Waals surface area contributed by atoms with Gasteiger partial charge in [0.15, 0.2) is 0 Å². The number of amides is 2. The van der Waals surface area contributed by atoms with Gasteiger partial charge in [0.25, 0.3) is 5.91 Å². The molecule has 2 amide bonds. The zero-order valence-electron chi connectivity index (χ0n) is 16.1. The number of ether oxygens (including phenoxy) is 1. The Kier molecular flexibility index (Phi) is 6.86. The van der Waals surface area contributed by atoms with E-state index in [1.54, 1.807) is 31.4 Å². The normalized spacial score (nSPS) is 14.4. The Morgan fingerprint density at radius 1 is 1.00 bits per heavy atom. The summed E-state index contributed by atoms with van der Waals surface area (Å²) in [6.07, 6.45) is 0.379. The molecule has 0 aromatic heterocycles. The first-order valence-corrected chi connectivity index (χ1v) is 9.52. The molecule has 7 heteroatoms. The van der Waals surface area contributed by atoms with Crippen LogP contribution < -0.4 is 25.4 Å². The Balaban J connectivity index is 1.35. The number of para-hydroxylation sites is 1. The summed E-state index contributed by atoms with van der Waals surface area (Å²) in [5.41, 5.74) is 6.66. The van der Waals surface area contributed by atoms with Crippen molar-refractivity contribution in [3.05, 3.63) is 60.2 Å². The summed E-state index contributed by atoms with van der Waals surface area (Å²) in [4.78, 5) is 27.9. The van der Waals surface area contributed by atoms with Gasteiger partial charge in [-0.15, -0.1) is 0 Å². The van der Waals surface area contributed by atoms with Crippen LogP contribution in [0.1, 0.15) is 16.8 Å². The minimum Gasteiger partial charge on any atom is -0.497 e. The molecule has 1 aliphatic rings. The quantitative estimate of drug-likeness (QED) is 0.626. The smallest absolute Gasteiger partial charge is 0.269 e. The topological polar surface area (TPSA) is 75.1 Å². The van der Waals surface area contributed by atoms with Gasteiger partial charge in [-0.05, 0) is 36.4 Å². The number of quaternary nitrogens is 1. The zero-order chi connectivity index (χ0) is 19.8. The van der Waals surface area contributed by atoms with E-state index >= 15 is 0 Å². The number of hydrazine groups is 1. The third kappa shape index (κ3) is 5.47. The minimum atomic E-state index is -0.347. The second-order valence-corrected chi connectivity index (χ2v) is 6.80. The summed E-state index contributed by atoms with van der Waals surface area (Å²) >= 11 is 0. The van der Waals surface area contributed by atoms with Crippen molar-refractivity contribution in [1.29, 1.82) is 0 Å². The van der Waals surface area contributed by atoms with Crippen molar-refractivity contribution in [2.24, 2.45) is 0 Å². The number of rotatable bonds is 6. The largest absolute Gasteiger partial charge is 0.497 e. The molecule has 3 N–H and O–H groups in total. The van der Waals surface area contributed by atoms with Crippen molar-refractivity contribution in [3.63, 3.8) is 0 Å². The molecule has 0 unspecified atom stereocenters. The van der Waals surface area contributed by atoms with Crippen LogP contribution in [0.2, 0.25) is 0 Å². The van der Waals surface area contributed by atoms with Crippen LogP contribution in [0.4, 0.5) is 5.69 Å². The Labute approximate surface area is 165 Å². The van der Waals surface area contributed by atoms with Gasteiger partial charge >= 0.3 is 0 Å². The monoisotopic (exact) mass is 383 g/mol. The third-order valence-electron chi connectivity index (χ3n) is 4.97. The van der Waals surface area contributed by atoms with Gasteiger partial charge in [-0.25, -0.2) is 0 Å². The molecule has 3 rings (SSSR count). The second kappa shape index (κ2) is 9.75. The molecule has 0 spiro atoms. The van der Waals surface area contributed by atoms with E-state index < -0.39 is 0 Å². The van der Waals surface area contributed by atoms with E-state index in [1.165, 1.54) is 10.6 Å². The van der Waals surface area contributed by atoms with Gasteiger partial charge < -0.3 is 14.5 Å². The van der Waals surface area contributed by atoms with Crippen LogP contribution in [0, 0.1) is 0 Å². The Morgan fingerprint density at radius 3 is 2.32 bits per heavy atom. The summed E-state index contributed by atoms with van der Waals surface area (Å²) in [7, 11) is 1.57. The predicted octanol–water partition coefficient (Wildman–Crippen LogP) is 0.251. The number of carbonyl (C=O) groups excluding carboxylic acids is 2. The van der Waals surface area contributed by atoms with Crippen molar-refractivity contribution in [3.8, 4) is 5.75 Å². The van der Waals surface area contributed by atoms with Gasteiger partial charge in [0.2, 0.25) is 5.91 Å². The van der Waals surface area contributed by atoms with E-state index in [0.29, 0.717) is 17.7 Å². The van der Waals surface area contributed by atoms with Gasteiger partial charge in [-0.2, -0.15) is 0 Å². The van der Waals surface area contributed by atoms with E-state index in [4.69, 9.17) is 4.74 Å². The Hall–Kier alpha value is -3.06. The van der Waals surface area contributed by atoms with Gasteiger partial charge in [0.05, 0.1) is 46.3 Å². The van der Waals surface area contributed by atoms with E-state index in [-0.39, 0.29) is 11.8 Å². The molecule has 0 saturated carbocycles. The summed E-state index contributed by atoms with van der Waals surface area (Å²) in [5, 5.41) is 0. The maximum Gasteiger partial charge on any atom is 0.269 e. The first kappa shape index (κ1) is 19.7. The molecule has 7 nitrogen and oxygen atoms in total. The van der Waals surface area contributed by atoms with E-state index in [0.717, 1.165) is 32.7 Å². The van der Waals surface area contributed by atoms with Gasteiger partial charge in [-0.3, -0.25) is 20.4 Å². The number of hydrogen-bond acceptors (Lipinski definition) is 4. The van der Waals surface area contributed by atoms with Crippen LogP contribution in [-0.2, 0) is 4.79 Å². The van der Waals surface area contributed by atoms with Gasteiger partial charge in [0.1, 0.15) is 5.75 Å². The highest BCUT2D eigenvalue weighted by molar-refractivity contribution is 5.95. The molecule has 1 fully saturated rings. The molecule has 28 heavy (non-hydrogen) atoms. The van der Waals surface area contributed by atoms with Crippen molar-refractivity contribution >= 4 is 17.5 Å². The van der Waals surface area contributed by atoms with Crippen LogP contribution in [0.15, 0.2) is 54.6 Å². The molecular weight excluding hydrogens is 356 g/mol. The molecule has 0 atom stereocenters. The lowest BCUT2D eigenvalue weighted by molar-refractivity contribution is -0.900. The molecule has 0 aliphatic carbocycles. The predicted molar refractivity (Wildman–Crippen MR) is 107 cm³/mol. The summed E-state index contributed by atoms with van der Waals surface area (Å²) in [6.45, 7) is 4.72. The Morgan fingerprint density at radius 2 is 1.68 bits per heavy atom. The average molecular weight is 383 g/mol. The fourth-order valence-electron chi connectivity index (χ4n) is 3.26. The number of anilines is 1. The fraction of sp³-hybridized carbons (Fsp3) is 0.333. The fourth-order valence-corrected chi connectivity index (χ4v) is 3.26. The molecule has 2 aromatic carbocycles. The van der Waals surface area contributed by atoms with E-state index in [1.807, 2.05) is 6.07 Å². The summed E-state index contributed by atoms with van der Waals surface area (Å²) < 4.78 is 5.06. The average Bonchev–Trinajstić information content (AvgIpc) is 2.77. The standard InChI is InChI=1S/C21H26N4O3/c1-28-19-9-7-17(8-10-19)21(27)23-22-20(26)11-12-24-13-15-25(16-14-24)18-5-3-2-4-6-18/h2-10H,11-16H2,1H3,(H,22,26)(H,23,27)/p+1. The number of piperazine rings is 1. The van der Waals surface area contributed by atoms with Crippen LogP contribution in [0.5, 0.6) is 5.75 Å². The first-order chi connectivity index (χ1) is 13.7. The number of benzene rings is 2. The SMILES string of the molecule is COc1ccc(C(=O)NNC(=O)CC[NH+]2CCN(c3ccccc3)CC2)cc1. The molecule has 2 aromatic rings. The number of carbonyl (C=O) groups is 2. The molecule has 0 bridgehead atoms. The number of methoxy groups -OCH3 is 1. The summed E-state index contributed by atoms with van der Waals surface area (Å²) in [5.74, 6) is 0.149. The Bertz CT molecular complexity index is 772. The maximum atomic E-state index is 12.0. The molecule has 1 aliphatic heterocycles. The summed E-state index contributed by atoms with van der Waals surface area (Å²) in [6, 6.07) is 17.1. The molecule has 148 valence electrons. The van der Waals surface area contributed by atoms with Crippen molar-refractivity contribution in [1.82, 2.24) is 10.9 Å². The first-order valence-electron chi connectivity index (χ1n) is 9.52. The lowest BCUT2D eigenvalue weighted by Crippen LogP contribution is -3.15. The van der Waals surface area contributed by atoms with Crippen molar-refractivity contribution in [2.45, 2.75) is 6.42 Å². The molecular formula is C21H27N4O3+. The number of nitrogens with zero attached hydrogens (tertiary/aromatic N) is 1. The van der Waals surface area contributed by atoms with Crippen molar-refractivity contribution < 1.29 is 19.2 Å². The van der Waals surface area contributed by atoms with Crippen LogP contribution >= 0.6 is 0 Å². The van der Waals surface area contributed by atoms with E-state index in [9.17, 15) is 9.59 Å². The number of hydrogen-bond donors (Lipinski definition) is 3. The third-order valence-corrected chi connectivity index (χ3v) is 4.97. The number of nitrogens with one attached hydrogen (secondary N) is 3.